The molecule has 0 aliphatic carbocycles. The molecule has 2 aromatic rings. The van der Waals surface area contributed by atoms with E-state index in [1.807, 2.05) is 12.2 Å². The Hall–Kier alpha value is -4.07. The first kappa shape index (κ1) is 25.2. The van der Waals surface area contributed by atoms with E-state index in [2.05, 4.69) is 39.5 Å². The van der Waals surface area contributed by atoms with Crippen LogP contribution in [-0.4, -0.2) is 15.8 Å². The predicted octanol–water partition coefficient (Wildman–Crippen LogP) is 6.67. The molecule has 0 N–H and O–H groups in total. The number of allylic oxidation sites excluding steroid dienone is 4. The predicted molar refractivity (Wildman–Crippen MR) is 127 cm³/mol. The maximum Gasteiger partial charge on any atom is 0.344 e. The Kier molecular flexibility index (Phi) is 8.39. The number of carbonyl (C=O) groups is 1. The van der Waals surface area contributed by atoms with Crippen molar-refractivity contribution in [1.29, 1.82) is 0 Å². The monoisotopic (exact) mass is 450 g/mol. The van der Waals surface area contributed by atoms with Crippen LogP contribution in [0.25, 0.3) is 6.08 Å². The third-order valence-corrected chi connectivity index (χ3v) is 5.01. The summed E-state index contributed by atoms with van der Waals surface area (Å²) in [5, 5.41) is 22.0. The Labute approximate surface area is 192 Å². The number of benzene rings is 2. The van der Waals surface area contributed by atoms with Crippen molar-refractivity contribution >= 4 is 23.4 Å². The quantitative estimate of drug-likeness (QED) is 0.131. The zero-order valence-electron chi connectivity index (χ0n) is 18.8. The molecule has 0 aliphatic heterocycles. The maximum atomic E-state index is 12.4. The molecular formula is C25H26N2O6. The number of nitro benzene ring substituents is 2. The summed E-state index contributed by atoms with van der Waals surface area (Å²) in [7, 11) is 0. The number of nitrogens with zero attached hydrogens (tertiary/aromatic N) is 2. The molecule has 0 heterocycles. The van der Waals surface area contributed by atoms with E-state index < -0.39 is 27.2 Å². The van der Waals surface area contributed by atoms with Gasteiger partial charge in [0.1, 0.15) is 5.75 Å². The summed E-state index contributed by atoms with van der Waals surface area (Å²) in [5.41, 5.74) is 0.579. The molecule has 0 saturated carbocycles. The molecule has 0 amide bonds. The third-order valence-electron chi connectivity index (χ3n) is 5.01. The molecule has 8 nitrogen and oxygen atoms in total. The van der Waals surface area contributed by atoms with Gasteiger partial charge in [-0.25, -0.2) is 4.79 Å². The summed E-state index contributed by atoms with van der Waals surface area (Å²) in [6.45, 7) is 10.2. The van der Waals surface area contributed by atoms with Crippen LogP contribution in [0.5, 0.6) is 5.75 Å². The zero-order valence-corrected chi connectivity index (χ0v) is 18.8. The molecule has 0 aromatic heterocycles. The zero-order chi connectivity index (χ0) is 24.6. The molecule has 33 heavy (non-hydrogen) atoms. The Morgan fingerprint density at radius 3 is 2.12 bits per heavy atom. The highest BCUT2D eigenvalue weighted by Crippen LogP contribution is 2.29. The van der Waals surface area contributed by atoms with Crippen LogP contribution in [0.1, 0.15) is 49.5 Å². The minimum absolute atomic E-state index is 0.173. The molecule has 0 aliphatic rings. The highest BCUT2D eigenvalue weighted by atomic mass is 16.6. The van der Waals surface area contributed by atoms with Gasteiger partial charge in [0.2, 0.25) is 0 Å². The van der Waals surface area contributed by atoms with E-state index in [1.54, 1.807) is 24.3 Å². The lowest BCUT2D eigenvalue weighted by Crippen LogP contribution is -2.09. The fourth-order valence-electron chi connectivity index (χ4n) is 2.95. The maximum absolute atomic E-state index is 12.4. The second-order valence-corrected chi connectivity index (χ2v) is 8.07. The van der Waals surface area contributed by atoms with Gasteiger partial charge in [0, 0.05) is 17.5 Å². The van der Waals surface area contributed by atoms with Gasteiger partial charge in [0.25, 0.3) is 11.4 Å². The van der Waals surface area contributed by atoms with Crippen LogP contribution in [0.2, 0.25) is 0 Å². The van der Waals surface area contributed by atoms with Gasteiger partial charge in [-0.1, -0.05) is 48.9 Å². The van der Waals surface area contributed by atoms with E-state index in [9.17, 15) is 25.0 Å². The topological polar surface area (TPSA) is 113 Å². The number of ether oxygens (including phenoxy) is 1. The van der Waals surface area contributed by atoms with Crippen molar-refractivity contribution in [2.75, 3.05) is 0 Å². The number of nitro groups is 2. The molecule has 0 radical (unpaired) electrons. The minimum atomic E-state index is -0.927. The Balaban J connectivity index is 2.13. The normalized spacial score (nSPS) is 12.6. The summed E-state index contributed by atoms with van der Waals surface area (Å²) in [6.07, 6.45) is 10.00. The molecule has 0 spiro atoms. The first-order chi connectivity index (χ1) is 15.5. The lowest BCUT2D eigenvalue weighted by atomic mass is 9.84. The van der Waals surface area contributed by atoms with Crippen LogP contribution in [0, 0.1) is 25.6 Å². The number of non-ortho nitro benzene ring substituents is 2. The fraction of sp³-hybridized carbons (Fsp3) is 0.240. The Bertz CT molecular complexity index is 1080. The summed E-state index contributed by atoms with van der Waals surface area (Å²) < 4.78 is 5.24. The first-order valence-electron chi connectivity index (χ1n) is 10.3. The van der Waals surface area contributed by atoms with Gasteiger partial charge in [-0.3, -0.25) is 20.2 Å². The summed E-state index contributed by atoms with van der Waals surface area (Å²) in [6, 6.07) is 9.35. The Morgan fingerprint density at radius 2 is 1.64 bits per heavy atom. The van der Waals surface area contributed by atoms with Crippen molar-refractivity contribution in [3.05, 3.63) is 104 Å². The van der Waals surface area contributed by atoms with Crippen LogP contribution < -0.4 is 4.74 Å². The lowest BCUT2D eigenvalue weighted by Gasteiger charge is -2.20. The number of esters is 1. The van der Waals surface area contributed by atoms with Crippen LogP contribution >= 0.6 is 0 Å². The van der Waals surface area contributed by atoms with Gasteiger partial charge in [0.05, 0.1) is 21.5 Å². The van der Waals surface area contributed by atoms with E-state index in [4.69, 9.17) is 4.74 Å². The second kappa shape index (κ2) is 11.0. The van der Waals surface area contributed by atoms with Crippen LogP contribution in [0.3, 0.4) is 0 Å². The molecule has 172 valence electrons. The van der Waals surface area contributed by atoms with Crippen molar-refractivity contribution in [1.82, 2.24) is 0 Å². The van der Waals surface area contributed by atoms with Crippen molar-refractivity contribution in [3.8, 4) is 5.75 Å². The SMILES string of the molecule is C=C[C@@](C)(/C=C/c1ccc(OC(=O)c2cc([N+](=O)[O-])cc([N+](=O)[O-])c2)cc1)CCC=C(C)C. The number of carbonyl (C=O) groups excluding carboxylic acids is 1. The molecule has 1 atom stereocenters. The van der Waals surface area contributed by atoms with Gasteiger partial charge in [-0.05, 0) is 44.4 Å². The third kappa shape index (κ3) is 7.53. The highest BCUT2D eigenvalue weighted by Gasteiger charge is 2.21. The molecule has 0 unspecified atom stereocenters. The number of hydrogen-bond acceptors (Lipinski definition) is 6. The second-order valence-electron chi connectivity index (χ2n) is 8.07. The van der Waals surface area contributed by atoms with Crippen molar-refractivity contribution in [2.24, 2.45) is 5.41 Å². The molecule has 0 saturated heterocycles. The van der Waals surface area contributed by atoms with E-state index in [0.717, 1.165) is 36.6 Å². The van der Waals surface area contributed by atoms with Crippen LogP contribution in [-0.2, 0) is 0 Å². The average molecular weight is 450 g/mol. The van der Waals surface area contributed by atoms with E-state index in [0.29, 0.717) is 0 Å². The van der Waals surface area contributed by atoms with Gasteiger partial charge in [-0.15, -0.1) is 6.58 Å². The van der Waals surface area contributed by atoms with Crippen molar-refractivity contribution in [3.63, 3.8) is 0 Å². The minimum Gasteiger partial charge on any atom is -0.423 e. The summed E-state index contributed by atoms with van der Waals surface area (Å²) in [4.78, 5) is 32.8. The lowest BCUT2D eigenvalue weighted by molar-refractivity contribution is -0.394. The van der Waals surface area contributed by atoms with Crippen molar-refractivity contribution < 1.29 is 19.4 Å². The molecule has 2 aromatic carbocycles. The van der Waals surface area contributed by atoms with E-state index >= 15 is 0 Å². The summed E-state index contributed by atoms with van der Waals surface area (Å²) in [5.74, 6) is -0.718. The van der Waals surface area contributed by atoms with E-state index in [1.165, 1.54) is 5.57 Å². The van der Waals surface area contributed by atoms with Crippen molar-refractivity contribution in [2.45, 2.75) is 33.6 Å². The molecule has 2 rings (SSSR count). The van der Waals surface area contributed by atoms with Crippen LogP contribution in [0.4, 0.5) is 11.4 Å². The number of rotatable bonds is 10. The first-order valence-corrected chi connectivity index (χ1v) is 10.3. The van der Waals surface area contributed by atoms with Gasteiger partial charge in [-0.2, -0.15) is 0 Å². The average Bonchev–Trinajstić information content (AvgIpc) is 2.78. The molecule has 8 heteroatoms. The smallest absolute Gasteiger partial charge is 0.344 e. The largest absolute Gasteiger partial charge is 0.423 e. The fourth-order valence-corrected chi connectivity index (χ4v) is 2.95. The standard InChI is InChI=1S/C25H26N2O6/c1-5-25(4,13-6-7-18(2)3)14-12-19-8-10-23(11-9-19)33-24(28)20-15-21(26(29)30)17-22(16-20)27(31)32/h5,7-12,14-17H,1,6,13H2,2-4H3/b14-12+/t25-/m1/s1. The highest BCUT2D eigenvalue weighted by molar-refractivity contribution is 5.92. The number of hydrogen-bond donors (Lipinski definition) is 0. The molecular weight excluding hydrogens is 424 g/mol. The molecule has 0 fully saturated rings. The Morgan fingerprint density at radius 1 is 1.06 bits per heavy atom. The molecule has 0 bridgehead atoms. The van der Waals surface area contributed by atoms with Crippen LogP contribution in [0.15, 0.2) is 72.8 Å². The van der Waals surface area contributed by atoms with Gasteiger partial charge < -0.3 is 4.74 Å². The summed E-state index contributed by atoms with van der Waals surface area (Å²) >= 11 is 0. The van der Waals surface area contributed by atoms with E-state index in [-0.39, 0.29) is 16.7 Å². The van der Waals surface area contributed by atoms with Gasteiger partial charge in [0.15, 0.2) is 0 Å². The van der Waals surface area contributed by atoms with Gasteiger partial charge >= 0.3 is 5.97 Å².